The third-order valence-corrected chi connectivity index (χ3v) is 10.1. The highest BCUT2D eigenvalue weighted by Crippen LogP contribution is 2.32. The van der Waals surface area contributed by atoms with Gasteiger partial charge in [0.25, 0.3) is 11.8 Å². The number of aromatic amines is 1. The van der Waals surface area contributed by atoms with Gasteiger partial charge >= 0.3 is 0 Å². The maximum absolute atomic E-state index is 13.8. The molecule has 2 aromatic rings. The number of carbonyl (C=O) groups excluding carboxylic acids is 5. The van der Waals surface area contributed by atoms with E-state index in [-0.39, 0.29) is 37.1 Å². The number of likely N-dealkylation sites (tertiary alicyclic amines) is 1. The van der Waals surface area contributed by atoms with Gasteiger partial charge < -0.3 is 37.1 Å². The predicted octanol–water partition coefficient (Wildman–Crippen LogP) is 1.47. The first-order valence-electron chi connectivity index (χ1n) is 17.5. The molecule has 1 aromatic carbocycles. The average Bonchev–Trinajstić information content (AvgIpc) is 3.76. The molecule has 2 atom stereocenters. The molecule has 2 unspecified atom stereocenters. The minimum absolute atomic E-state index is 0.0176. The molecule has 3 fully saturated rings. The second kappa shape index (κ2) is 16.5. The summed E-state index contributed by atoms with van der Waals surface area (Å²) >= 11 is 0. The highest BCUT2D eigenvalue weighted by atomic mass is 16.3. The van der Waals surface area contributed by atoms with Crippen molar-refractivity contribution in [2.75, 3.05) is 13.1 Å². The number of nitrogens with two attached hydrogens (primary N) is 3. The summed E-state index contributed by atoms with van der Waals surface area (Å²) in [6.07, 6.45) is 12.7. The number of nitrogens with zero attached hydrogens (tertiary/aromatic N) is 3. The molecule has 2 aliphatic carbocycles. The molecule has 0 radical (unpaired) electrons. The number of nitrogens with one attached hydrogen (secondary N) is 3. The number of aromatic nitrogens is 2. The van der Waals surface area contributed by atoms with Gasteiger partial charge in [-0.1, -0.05) is 70.4 Å². The van der Waals surface area contributed by atoms with Crippen LogP contribution in [0.2, 0.25) is 0 Å². The van der Waals surface area contributed by atoms with Crippen molar-refractivity contribution in [2.24, 2.45) is 23.2 Å². The number of para-hydroxylation sites is 1. The largest absolute Gasteiger partial charge is 0.403 e. The Kier molecular flexibility index (Phi) is 12.6. The zero-order chi connectivity index (χ0) is 36.6. The van der Waals surface area contributed by atoms with Crippen LogP contribution in [0.3, 0.4) is 0 Å². The van der Waals surface area contributed by atoms with Gasteiger partial charge in [-0.3, -0.25) is 29.1 Å². The molecule has 1 aliphatic heterocycles. The molecule has 15 heteroatoms. The quantitative estimate of drug-likeness (QED) is 0.107. The first kappa shape index (κ1) is 38.3. The normalized spacial score (nSPS) is 21.1. The van der Waals surface area contributed by atoms with Gasteiger partial charge in [0.2, 0.25) is 17.6 Å². The van der Waals surface area contributed by atoms with Crippen LogP contribution >= 0.6 is 0 Å². The number of fused-ring (bicyclic) bond motifs is 1. The summed E-state index contributed by atoms with van der Waals surface area (Å²) in [4.78, 5) is 66.4. The Morgan fingerprint density at radius 1 is 1.10 bits per heavy atom. The number of Topliss-reactive ketones (excluding diaryl/α,β-unsaturated/α-hetero) is 1. The highest BCUT2D eigenvalue weighted by Gasteiger charge is 2.48. The highest BCUT2D eigenvalue weighted by molar-refractivity contribution is 6.39. The van der Waals surface area contributed by atoms with Gasteiger partial charge in [-0.25, -0.2) is 5.84 Å². The number of H-pyrrole nitrogens is 1. The van der Waals surface area contributed by atoms with Crippen LogP contribution in [0, 0.1) is 5.92 Å². The Bertz CT molecular complexity index is 1570. The molecule has 10 N–H and O–H groups in total. The van der Waals surface area contributed by atoms with Crippen molar-refractivity contribution >= 4 is 40.3 Å². The van der Waals surface area contributed by atoms with Gasteiger partial charge in [-0.05, 0) is 38.7 Å². The van der Waals surface area contributed by atoms with Crippen molar-refractivity contribution in [2.45, 2.75) is 115 Å². The number of primary amides is 1. The van der Waals surface area contributed by atoms with E-state index in [1.807, 2.05) is 0 Å². The minimum atomic E-state index is -1.47. The number of hydrogen-bond donors (Lipinski definition) is 7. The molecule has 3 aliphatic rings. The Hall–Kier alpha value is -4.50. The number of aliphatic hydroxyl groups is 1. The molecular formula is C35H53N9O6. The van der Waals surface area contributed by atoms with Gasteiger partial charge in [-0.15, -0.1) is 0 Å². The maximum Gasteiger partial charge on any atom is 0.287 e. The van der Waals surface area contributed by atoms with Crippen molar-refractivity contribution in [1.82, 2.24) is 30.7 Å². The number of hydrogen-bond acceptors (Lipinski definition) is 10. The molecule has 274 valence electrons. The smallest absolute Gasteiger partial charge is 0.287 e. The number of hydrazine groups is 1. The molecular weight excluding hydrogens is 642 g/mol. The summed E-state index contributed by atoms with van der Waals surface area (Å²) < 4.78 is 0. The maximum atomic E-state index is 13.8. The fraction of sp³-hybridized carbons (Fsp3) is 0.600. The van der Waals surface area contributed by atoms with Gasteiger partial charge in [0, 0.05) is 24.6 Å². The van der Waals surface area contributed by atoms with Gasteiger partial charge in [-0.2, -0.15) is 5.10 Å². The Morgan fingerprint density at radius 3 is 2.34 bits per heavy atom. The first-order valence-corrected chi connectivity index (χ1v) is 17.5. The van der Waals surface area contributed by atoms with Crippen LogP contribution in [-0.2, 0) is 19.2 Å². The summed E-state index contributed by atoms with van der Waals surface area (Å²) in [6, 6.07) is 3.29. The van der Waals surface area contributed by atoms with E-state index in [2.05, 4.69) is 27.8 Å². The van der Waals surface area contributed by atoms with E-state index in [9.17, 15) is 29.1 Å². The second-order valence-corrected chi connectivity index (χ2v) is 14.4. The lowest BCUT2D eigenvalue weighted by Crippen LogP contribution is -2.62. The Labute approximate surface area is 292 Å². The third kappa shape index (κ3) is 8.99. The van der Waals surface area contributed by atoms with Crippen molar-refractivity contribution in [1.29, 1.82) is 0 Å². The Balaban J connectivity index is 0.000000714. The Morgan fingerprint density at radius 2 is 1.76 bits per heavy atom. The summed E-state index contributed by atoms with van der Waals surface area (Å²) in [5.74, 6) is 3.59. The van der Waals surface area contributed by atoms with Crippen molar-refractivity contribution in [3.8, 4) is 0 Å². The fourth-order valence-corrected chi connectivity index (χ4v) is 7.28. The molecule has 15 nitrogen and oxygen atoms in total. The average molecular weight is 696 g/mol. The SMILES string of the molecule is CC(C)(O)/C(=C/N)N(N)C1CC(C(=O)NC2(C(=O)C(N)=O)CCCCC2)N(C(=O)CNC(=O)c2cccc3cn[nH]c23)C1.CC1CCCCC1. The monoisotopic (exact) mass is 695 g/mol. The van der Waals surface area contributed by atoms with Crippen LogP contribution < -0.4 is 27.9 Å². The number of carbonyl (C=O) groups is 5. The molecule has 1 saturated heterocycles. The minimum Gasteiger partial charge on any atom is -0.403 e. The van der Waals surface area contributed by atoms with Crippen LogP contribution in [0.1, 0.15) is 102 Å². The van der Waals surface area contributed by atoms with E-state index in [0.29, 0.717) is 18.4 Å². The van der Waals surface area contributed by atoms with Crippen LogP contribution in [-0.4, -0.2) is 90.9 Å². The first-order chi connectivity index (χ1) is 23.7. The molecule has 0 spiro atoms. The zero-order valence-electron chi connectivity index (χ0n) is 29.4. The van der Waals surface area contributed by atoms with Crippen LogP contribution in [0.4, 0.5) is 0 Å². The van der Waals surface area contributed by atoms with E-state index in [0.717, 1.165) is 23.9 Å². The summed E-state index contributed by atoms with van der Waals surface area (Å²) in [6.45, 7) is 4.85. The number of rotatable bonds is 10. The van der Waals surface area contributed by atoms with Crippen LogP contribution in [0.5, 0.6) is 0 Å². The molecule has 1 aromatic heterocycles. The van der Waals surface area contributed by atoms with E-state index in [1.54, 1.807) is 24.4 Å². The molecule has 50 heavy (non-hydrogen) atoms. The van der Waals surface area contributed by atoms with E-state index in [1.165, 1.54) is 55.9 Å². The van der Waals surface area contributed by atoms with Crippen LogP contribution in [0.25, 0.3) is 10.9 Å². The lowest BCUT2D eigenvalue weighted by molar-refractivity contribution is -0.145. The number of ketones is 1. The molecule has 5 rings (SSSR count). The van der Waals surface area contributed by atoms with Gasteiger partial charge in [0.05, 0.1) is 35.6 Å². The second-order valence-electron chi connectivity index (χ2n) is 14.4. The molecule has 4 amide bonds. The van der Waals surface area contributed by atoms with Crippen LogP contribution in [0.15, 0.2) is 36.3 Å². The van der Waals surface area contributed by atoms with Gasteiger partial charge in [0.1, 0.15) is 17.2 Å². The van der Waals surface area contributed by atoms with E-state index >= 15 is 0 Å². The van der Waals surface area contributed by atoms with E-state index in [4.69, 9.17) is 17.3 Å². The number of benzene rings is 1. The molecule has 0 bridgehead atoms. The van der Waals surface area contributed by atoms with E-state index < -0.39 is 59.2 Å². The van der Waals surface area contributed by atoms with Crippen molar-refractivity contribution in [3.05, 3.63) is 41.9 Å². The van der Waals surface area contributed by atoms with Crippen molar-refractivity contribution < 1.29 is 29.1 Å². The number of amides is 4. The summed E-state index contributed by atoms with van der Waals surface area (Å²) in [5, 5.41) is 24.6. The fourth-order valence-electron chi connectivity index (χ4n) is 7.28. The topological polar surface area (TPSA) is 243 Å². The van der Waals surface area contributed by atoms with Crippen molar-refractivity contribution in [3.63, 3.8) is 0 Å². The third-order valence-electron chi connectivity index (χ3n) is 10.1. The summed E-state index contributed by atoms with van der Waals surface area (Å²) in [7, 11) is 0. The lowest BCUT2D eigenvalue weighted by atomic mass is 9.78. The molecule has 2 heterocycles. The van der Waals surface area contributed by atoms with Gasteiger partial charge in [0.15, 0.2) is 0 Å². The lowest BCUT2D eigenvalue weighted by Gasteiger charge is -2.37. The summed E-state index contributed by atoms with van der Waals surface area (Å²) in [5.41, 5.74) is 9.15. The molecule has 2 saturated carbocycles. The standard InChI is InChI=1S/C28H39N9O6.C7H14/c1-27(2,43)20(12-29)37(31)17-11-19(26(42)34-28(23(39)24(30)40)9-4-3-5-10-28)36(15-17)21(38)14-32-25(41)18-8-6-7-16-13-33-35-22(16)18;1-7-5-3-2-4-6-7/h6-8,12-13,17,19,43H,3-5,9-11,14-15,29,31H2,1-2H3,(H2,30,40)(H,32,41)(H,33,35)(H,34,42);7H,2-6H2,1H3/b20-12-;. The zero-order valence-corrected chi connectivity index (χ0v) is 29.4. The predicted molar refractivity (Wildman–Crippen MR) is 187 cm³/mol.